The normalized spacial score (nSPS) is 32.9. The zero-order valence-corrected chi connectivity index (χ0v) is 17.5. The highest BCUT2D eigenvalue weighted by atomic mass is 16.2. The Balaban J connectivity index is 1.27. The first-order chi connectivity index (χ1) is 14.1. The molecule has 3 aliphatic rings. The summed E-state index contributed by atoms with van der Waals surface area (Å²) in [4.78, 5) is 30.1. The smallest absolute Gasteiger partial charge is 0.323 e. The molecule has 3 N–H and O–H groups in total. The number of imide groups is 1. The molecule has 1 spiro atoms. The number of carbonyl (C=O) groups is 2. The van der Waals surface area contributed by atoms with E-state index in [0.29, 0.717) is 6.67 Å². The van der Waals surface area contributed by atoms with Crippen molar-refractivity contribution in [2.45, 2.75) is 38.1 Å². The van der Waals surface area contributed by atoms with E-state index in [0.717, 1.165) is 58.4 Å². The summed E-state index contributed by atoms with van der Waals surface area (Å²) in [5, 5.41) is 3.07. The minimum atomic E-state index is -0.635. The van der Waals surface area contributed by atoms with Gasteiger partial charge in [-0.15, -0.1) is 0 Å². The molecule has 2 heterocycles. The lowest BCUT2D eigenvalue weighted by Crippen LogP contribution is -3.28. The zero-order valence-electron chi connectivity index (χ0n) is 17.5. The van der Waals surface area contributed by atoms with Crippen molar-refractivity contribution in [1.82, 2.24) is 10.2 Å². The first-order valence-corrected chi connectivity index (χ1v) is 11.1. The van der Waals surface area contributed by atoms with Crippen LogP contribution < -0.4 is 15.1 Å². The quantitative estimate of drug-likeness (QED) is 0.609. The molecule has 6 nitrogen and oxygen atoms in total. The van der Waals surface area contributed by atoms with Gasteiger partial charge >= 0.3 is 6.03 Å². The highest BCUT2D eigenvalue weighted by Crippen LogP contribution is 2.37. The molecular weight excluding hydrogens is 364 g/mol. The second kappa shape index (κ2) is 8.67. The molecule has 0 aromatic heterocycles. The zero-order chi connectivity index (χ0) is 20.3. The lowest BCUT2D eigenvalue weighted by Gasteiger charge is -2.37. The molecule has 29 heavy (non-hydrogen) atoms. The van der Waals surface area contributed by atoms with Gasteiger partial charge in [0.05, 0.1) is 6.54 Å². The number of amides is 3. The van der Waals surface area contributed by atoms with Crippen molar-refractivity contribution >= 4 is 18.0 Å². The molecule has 4 rings (SSSR count). The monoisotopic (exact) mass is 398 g/mol. The van der Waals surface area contributed by atoms with Crippen LogP contribution in [0.5, 0.6) is 0 Å². The molecule has 3 amide bonds. The maximum atomic E-state index is 13.1. The fourth-order valence-corrected chi connectivity index (χ4v) is 5.11. The summed E-state index contributed by atoms with van der Waals surface area (Å²) in [5.74, 6) is 0.244. The molecule has 1 saturated carbocycles. The third-order valence-electron chi connectivity index (χ3n) is 7.06. The van der Waals surface area contributed by atoms with E-state index in [4.69, 9.17) is 0 Å². The molecule has 1 aromatic carbocycles. The van der Waals surface area contributed by atoms with E-state index in [1.165, 1.54) is 15.4 Å². The van der Waals surface area contributed by atoms with Crippen LogP contribution in [0.4, 0.5) is 4.79 Å². The first kappa shape index (κ1) is 20.1. The van der Waals surface area contributed by atoms with Crippen LogP contribution in [0.3, 0.4) is 0 Å². The predicted molar refractivity (Wildman–Crippen MR) is 112 cm³/mol. The summed E-state index contributed by atoms with van der Waals surface area (Å²) in [5.41, 5.74) is 0.602. The highest BCUT2D eigenvalue weighted by Gasteiger charge is 2.55. The van der Waals surface area contributed by atoms with E-state index >= 15 is 0 Å². The van der Waals surface area contributed by atoms with Crippen molar-refractivity contribution in [3.63, 3.8) is 0 Å². The van der Waals surface area contributed by atoms with E-state index < -0.39 is 5.54 Å². The molecule has 0 bridgehead atoms. The third kappa shape index (κ3) is 4.23. The largest absolute Gasteiger partial charge is 0.329 e. The number of benzene rings is 1. The number of nitrogens with one attached hydrogen (secondary N) is 3. The molecule has 0 radical (unpaired) electrons. The van der Waals surface area contributed by atoms with Gasteiger partial charge in [0.1, 0.15) is 31.7 Å². The molecule has 0 unspecified atom stereocenters. The molecule has 2 aliphatic heterocycles. The maximum absolute atomic E-state index is 13.1. The number of hydrogen-bond donors (Lipinski definition) is 3. The van der Waals surface area contributed by atoms with Crippen molar-refractivity contribution in [3.8, 4) is 0 Å². The Kier molecular flexibility index (Phi) is 6.01. The summed E-state index contributed by atoms with van der Waals surface area (Å²) in [6, 6.07) is 10.2. The Bertz CT molecular complexity index is 757. The van der Waals surface area contributed by atoms with Crippen LogP contribution >= 0.6 is 0 Å². The number of quaternary nitrogens is 2. The second-order valence-electron chi connectivity index (χ2n) is 8.96. The van der Waals surface area contributed by atoms with E-state index in [1.807, 2.05) is 6.07 Å². The maximum Gasteiger partial charge on any atom is 0.329 e. The van der Waals surface area contributed by atoms with Crippen LogP contribution in [0.25, 0.3) is 6.08 Å². The van der Waals surface area contributed by atoms with E-state index in [9.17, 15) is 9.59 Å². The summed E-state index contributed by atoms with van der Waals surface area (Å²) < 4.78 is 0. The molecule has 156 valence electrons. The van der Waals surface area contributed by atoms with Gasteiger partial charge in [-0.05, 0) is 30.4 Å². The number of piperazine rings is 1. The molecule has 2 saturated heterocycles. The number of nitrogens with zero attached hydrogens (tertiary/aromatic N) is 1. The average molecular weight is 399 g/mol. The van der Waals surface area contributed by atoms with Crippen LogP contribution in [0.1, 0.15) is 38.2 Å². The molecule has 1 aromatic rings. The highest BCUT2D eigenvalue weighted by molar-refractivity contribution is 6.07. The molecular formula is C23H34N4O2+2. The summed E-state index contributed by atoms with van der Waals surface area (Å²) in [6.07, 6.45) is 8.42. The summed E-state index contributed by atoms with van der Waals surface area (Å²) >= 11 is 0. The van der Waals surface area contributed by atoms with Crippen molar-refractivity contribution in [3.05, 3.63) is 42.0 Å². The van der Waals surface area contributed by atoms with Crippen LogP contribution in [-0.2, 0) is 4.79 Å². The Morgan fingerprint density at radius 2 is 1.83 bits per heavy atom. The summed E-state index contributed by atoms with van der Waals surface area (Å²) in [7, 11) is 0. The summed E-state index contributed by atoms with van der Waals surface area (Å²) in [6.45, 7) is 7.76. The second-order valence-corrected chi connectivity index (χ2v) is 8.96. The van der Waals surface area contributed by atoms with Crippen LogP contribution in [-0.4, -0.2) is 61.8 Å². The van der Waals surface area contributed by atoms with Gasteiger partial charge in [-0.2, -0.15) is 0 Å². The predicted octanol–water partition coefficient (Wildman–Crippen LogP) is -0.0586. The van der Waals surface area contributed by atoms with E-state index in [1.54, 1.807) is 4.90 Å². The Morgan fingerprint density at radius 3 is 2.55 bits per heavy atom. The minimum Gasteiger partial charge on any atom is -0.323 e. The van der Waals surface area contributed by atoms with E-state index in [-0.39, 0.29) is 17.9 Å². The van der Waals surface area contributed by atoms with Crippen molar-refractivity contribution in [2.75, 3.05) is 39.4 Å². The van der Waals surface area contributed by atoms with Crippen LogP contribution in [0.2, 0.25) is 0 Å². The standard InChI is InChI=1S/C23H32N4O2/c1-19-8-5-6-12-23(19)21(28)27(22(29)24-23)18-26-16-14-25(15-17-26)13-7-11-20-9-3-2-4-10-20/h2-4,7,9-11,19H,5-6,8,12-18H2,1H3,(H,24,29)/p+2/b11-7+/t19-,23+/m1/s1. The van der Waals surface area contributed by atoms with E-state index in [2.05, 4.69) is 48.7 Å². The lowest BCUT2D eigenvalue weighted by atomic mass is 9.73. The average Bonchev–Trinajstić information content (AvgIpc) is 2.97. The number of hydrogen-bond acceptors (Lipinski definition) is 2. The number of carbonyl (C=O) groups excluding carboxylic acids is 2. The number of urea groups is 1. The Morgan fingerprint density at radius 1 is 1.10 bits per heavy atom. The van der Waals surface area contributed by atoms with Gasteiger partial charge in [0.15, 0.2) is 6.67 Å². The van der Waals surface area contributed by atoms with Gasteiger partial charge in [0.2, 0.25) is 0 Å². The molecule has 3 fully saturated rings. The molecule has 2 atom stereocenters. The van der Waals surface area contributed by atoms with Gasteiger partial charge in [-0.25, -0.2) is 9.69 Å². The van der Waals surface area contributed by atoms with Gasteiger partial charge in [0, 0.05) is 0 Å². The minimum absolute atomic E-state index is 0.0165. The van der Waals surface area contributed by atoms with Crippen LogP contribution in [0.15, 0.2) is 36.4 Å². The van der Waals surface area contributed by atoms with Crippen molar-refractivity contribution < 1.29 is 19.4 Å². The van der Waals surface area contributed by atoms with Crippen molar-refractivity contribution in [1.29, 1.82) is 0 Å². The first-order valence-electron chi connectivity index (χ1n) is 11.1. The fourth-order valence-electron chi connectivity index (χ4n) is 5.11. The topological polar surface area (TPSA) is 58.3 Å². The molecule has 6 heteroatoms. The van der Waals surface area contributed by atoms with Gasteiger partial charge in [-0.3, -0.25) is 4.79 Å². The number of rotatable bonds is 5. The lowest BCUT2D eigenvalue weighted by molar-refractivity contribution is -1.01. The Labute approximate surface area is 173 Å². The van der Waals surface area contributed by atoms with Gasteiger partial charge < -0.3 is 15.1 Å². The SMILES string of the molecule is C[C@@H]1CCCC[C@]12NC(=O)N(C[NH+]1CC[NH+](C/C=C/c3ccccc3)CC1)C2=O. The van der Waals surface area contributed by atoms with Crippen LogP contribution in [0, 0.1) is 5.92 Å². The van der Waals surface area contributed by atoms with Gasteiger partial charge in [-0.1, -0.05) is 56.2 Å². The van der Waals surface area contributed by atoms with Crippen molar-refractivity contribution in [2.24, 2.45) is 5.92 Å². The third-order valence-corrected chi connectivity index (χ3v) is 7.06. The fraction of sp³-hybridized carbons (Fsp3) is 0.565. The molecule has 1 aliphatic carbocycles. The van der Waals surface area contributed by atoms with Gasteiger partial charge in [0.25, 0.3) is 5.91 Å². The Hall–Kier alpha value is -2.18.